The van der Waals surface area contributed by atoms with Crippen molar-refractivity contribution in [2.24, 2.45) is 0 Å². The summed E-state index contributed by atoms with van der Waals surface area (Å²) < 4.78 is 21.7. The van der Waals surface area contributed by atoms with Crippen molar-refractivity contribution in [3.63, 3.8) is 0 Å². The maximum Gasteiger partial charge on any atom is 0.154 e. The van der Waals surface area contributed by atoms with Crippen LogP contribution < -0.4 is 0 Å². The quantitative estimate of drug-likeness (QED) is 0.706. The molecule has 6 heteroatoms. The number of rotatable bonds is 3. The van der Waals surface area contributed by atoms with Crippen LogP contribution in [0.3, 0.4) is 0 Å². The van der Waals surface area contributed by atoms with Crippen LogP contribution in [0, 0.1) is 0 Å². The summed E-state index contributed by atoms with van der Waals surface area (Å²) >= 11 is 5.51. The predicted molar refractivity (Wildman–Crippen MR) is 50.1 cm³/mol. The first-order valence-corrected chi connectivity index (χ1v) is 6.14. The molecule has 0 saturated heterocycles. The molecule has 13 heavy (non-hydrogen) atoms. The van der Waals surface area contributed by atoms with E-state index in [9.17, 15) is 8.42 Å². The van der Waals surface area contributed by atoms with Gasteiger partial charge in [-0.3, -0.25) is 0 Å². The molecule has 0 bridgehead atoms. The van der Waals surface area contributed by atoms with Crippen molar-refractivity contribution in [3.8, 4) is 0 Å². The average molecular weight is 221 g/mol. The molecule has 1 aromatic rings. The SMILES string of the molecule is CS(=O)(=O)Cc1ncc(CCl)cn1. The molecule has 1 aromatic heterocycles. The molecule has 1 heterocycles. The minimum absolute atomic E-state index is 0.129. The molecule has 0 atom stereocenters. The van der Waals surface area contributed by atoms with E-state index in [2.05, 4.69) is 9.97 Å². The number of nitrogens with zero attached hydrogens (tertiary/aromatic N) is 2. The van der Waals surface area contributed by atoms with Crippen molar-refractivity contribution in [3.05, 3.63) is 23.8 Å². The van der Waals surface area contributed by atoms with Gasteiger partial charge in [-0.2, -0.15) is 0 Å². The zero-order valence-corrected chi connectivity index (χ0v) is 8.64. The number of aromatic nitrogens is 2. The highest BCUT2D eigenvalue weighted by Crippen LogP contribution is 2.02. The minimum atomic E-state index is -3.05. The summed E-state index contributed by atoms with van der Waals surface area (Å²) in [5.74, 6) is 0.505. The lowest BCUT2D eigenvalue weighted by atomic mass is 10.4. The van der Waals surface area contributed by atoms with Crippen molar-refractivity contribution in [2.45, 2.75) is 11.6 Å². The zero-order chi connectivity index (χ0) is 9.90. The van der Waals surface area contributed by atoms with Crippen LogP contribution in [0.1, 0.15) is 11.4 Å². The standard InChI is InChI=1S/C7H9ClN2O2S/c1-13(11,12)5-7-9-3-6(2-8)4-10-7/h3-4H,2,5H2,1H3. The molecule has 0 spiro atoms. The molecule has 0 fully saturated rings. The highest BCUT2D eigenvalue weighted by atomic mass is 35.5. The van der Waals surface area contributed by atoms with Crippen LogP contribution in [0.2, 0.25) is 0 Å². The molecular formula is C7H9ClN2O2S. The van der Waals surface area contributed by atoms with Crippen molar-refractivity contribution in [2.75, 3.05) is 6.26 Å². The van der Waals surface area contributed by atoms with Gasteiger partial charge < -0.3 is 0 Å². The summed E-state index contributed by atoms with van der Waals surface area (Å²) in [5, 5.41) is 0. The van der Waals surface area contributed by atoms with Crippen LogP contribution in [0.4, 0.5) is 0 Å². The van der Waals surface area contributed by atoms with E-state index in [1.165, 1.54) is 12.4 Å². The lowest BCUT2D eigenvalue weighted by molar-refractivity contribution is 0.599. The normalized spacial score (nSPS) is 11.5. The van der Waals surface area contributed by atoms with E-state index in [4.69, 9.17) is 11.6 Å². The summed E-state index contributed by atoms with van der Waals surface area (Å²) in [6.45, 7) is 0. The second-order valence-electron chi connectivity index (χ2n) is 2.71. The van der Waals surface area contributed by atoms with Gasteiger partial charge in [0.15, 0.2) is 9.84 Å². The van der Waals surface area contributed by atoms with Crippen LogP contribution in [0.5, 0.6) is 0 Å². The van der Waals surface area contributed by atoms with E-state index in [0.29, 0.717) is 11.7 Å². The lowest BCUT2D eigenvalue weighted by Crippen LogP contribution is -2.05. The molecule has 0 aromatic carbocycles. The highest BCUT2D eigenvalue weighted by molar-refractivity contribution is 7.89. The Bertz CT molecular complexity index is 374. The number of halogens is 1. The zero-order valence-electron chi connectivity index (χ0n) is 7.07. The van der Waals surface area contributed by atoms with Gasteiger partial charge in [-0.05, 0) is 0 Å². The van der Waals surface area contributed by atoms with E-state index in [1.807, 2.05) is 0 Å². The van der Waals surface area contributed by atoms with Crippen molar-refractivity contribution >= 4 is 21.4 Å². The first-order chi connectivity index (χ1) is 6.01. The third-order valence-corrected chi connectivity index (χ3v) is 2.40. The van der Waals surface area contributed by atoms with Crippen LogP contribution in [0.25, 0.3) is 0 Å². The van der Waals surface area contributed by atoms with E-state index < -0.39 is 9.84 Å². The summed E-state index contributed by atoms with van der Waals surface area (Å²) in [7, 11) is -3.05. The number of hydrogen-bond acceptors (Lipinski definition) is 4. The van der Waals surface area contributed by atoms with Gasteiger partial charge >= 0.3 is 0 Å². The Morgan fingerprint density at radius 3 is 2.31 bits per heavy atom. The first kappa shape index (κ1) is 10.4. The summed E-state index contributed by atoms with van der Waals surface area (Å²) in [6.07, 6.45) is 4.20. The fraction of sp³-hybridized carbons (Fsp3) is 0.429. The van der Waals surface area contributed by atoms with E-state index in [0.717, 1.165) is 11.8 Å². The van der Waals surface area contributed by atoms with E-state index >= 15 is 0 Å². The lowest BCUT2D eigenvalue weighted by Gasteiger charge is -1.98. The van der Waals surface area contributed by atoms with Gasteiger partial charge in [0.1, 0.15) is 11.6 Å². The fourth-order valence-electron chi connectivity index (χ4n) is 0.760. The van der Waals surface area contributed by atoms with Crippen molar-refractivity contribution < 1.29 is 8.42 Å². The Balaban J connectivity index is 2.81. The van der Waals surface area contributed by atoms with Crippen LogP contribution in [0.15, 0.2) is 12.4 Å². The number of sulfone groups is 1. The van der Waals surface area contributed by atoms with Crippen molar-refractivity contribution in [1.82, 2.24) is 9.97 Å². The first-order valence-electron chi connectivity index (χ1n) is 3.55. The third-order valence-electron chi connectivity index (χ3n) is 1.30. The van der Waals surface area contributed by atoms with Crippen LogP contribution in [-0.2, 0) is 21.5 Å². The summed E-state index contributed by atoms with van der Waals surface area (Å²) in [4.78, 5) is 7.72. The third kappa shape index (κ3) is 3.69. The highest BCUT2D eigenvalue weighted by Gasteiger charge is 2.06. The molecule has 4 nitrogen and oxygen atoms in total. The molecule has 0 aliphatic heterocycles. The smallest absolute Gasteiger partial charge is 0.154 e. The van der Waals surface area contributed by atoms with Gasteiger partial charge in [0.25, 0.3) is 0 Å². The van der Waals surface area contributed by atoms with Gasteiger partial charge in [-0.1, -0.05) is 0 Å². The summed E-state index contributed by atoms with van der Waals surface area (Å²) in [5.41, 5.74) is 0.777. The van der Waals surface area contributed by atoms with Gasteiger partial charge in [0.05, 0.1) is 5.88 Å². The molecule has 1 rings (SSSR count). The number of hydrogen-bond donors (Lipinski definition) is 0. The van der Waals surface area contributed by atoms with Crippen molar-refractivity contribution in [1.29, 1.82) is 0 Å². The molecule has 0 unspecified atom stereocenters. The van der Waals surface area contributed by atoms with Gasteiger partial charge in [0, 0.05) is 24.2 Å². The molecule has 0 aliphatic carbocycles. The fourth-order valence-corrected chi connectivity index (χ4v) is 1.52. The molecular weight excluding hydrogens is 212 g/mol. The Morgan fingerprint density at radius 2 is 1.92 bits per heavy atom. The van der Waals surface area contributed by atoms with Gasteiger partial charge in [-0.25, -0.2) is 18.4 Å². The maximum atomic E-state index is 10.8. The Morgan fingerprint density at radius 1 is 1.38 bits per heavy atom. The van der Waals surface area contributed by atoms with E-state index in [1.54, 1.807) is 0 Å². The molecule has 0 amide bonds. The van der Waals surface area contributed by atoms with Crippen LogP contribution >= 0.6 is 11.6 Å². The average Bonchev–Trinajstić information content (AvgIpc) is 2.03. The molecule has 0 N–H and O–H groups in total. The van der Waals surface area contributed by atoms with Crippen LogP contribution in [-0.4, -0.2) is 24.6 Å². The predicted octanol–water partition coefficient (Wildman–Crippen LogP) is 0.760. The molecule has 0 radical (unpaired) electrons. The van der Waals surface area contributed by atoms with E-state index in [-0.39, 0.29) is 5.75 Å². The Hall–Kier alpha value is -0.680. The Kier molecular flexibility index (Phi) is 3.22. The largest absolute Gasteiger partial charge is 0.240 e. The molecule has 72 valence electrons. The monoisotopic (exact) mass is 220 g/mol. The van der Waals surface area contributed by atoms with Gasteiger partial charge in [0.2, 0.25) is 0 Å². The summed E-state index contributed by atoms with van der Waals surface area (Å²) in [6, 6.07) is 0. The Labute approximate surface area is 81.9 Å². The second-order valence-corrected chi connectivity index (χ2v) is 5.12. The topological polar surface area (TPSA) is 59.9 Å². The van der Waals surface area contributed by atoms with Gasteiger partial charge in [-0.15, -0.1) is 11.6 Å². The number of alkyl halides is 1. The molecule has 0 saturated carbocycles. The minimum Gasteiger partial charge on any atom is -0.240 e. The second kappa shape index (κ2) is 4.02. The molecule has 0 aliphatic rings. The maximum absolute atomic E-state index is 10.8.